The number of carbonyl (C=O) groups is 1. The average molecular weight is 349 g/mol. The Morgan fingerprint density at radius 3 is 2.54 bits per heavy atom. The van der Waals surface area contributed by atoms with E-state index in [1.807, 2.05) is 6.07 Å². The molecule has 0 saturated heterocycles. The summed E-state index contributed by atoms with van der Waals surface area (Å²) in [6.45, 7) is 1.28. The Bertz CT molecular complexity index is 990. The highest BCUT2D eigenvalue weighted by atomic mass is 16.6. The standard InChI is InChI=1S/C20H15NO5/c1-12(22)17-18(23)16(25-13-7-3-2-4-8-13)11-20(24)19(17)21-14-9-5-6-10-15(14)26-20/h2-11,23-24H,1H3. The molecule has 6 nitrogen and oxygen atoms in total. The van der Waals surface area contributed by atoms with Crippen LogP contribution in [-0.4, -0.2) is 27.5 Å². The van der Waals surface area contributed by atoms with E-state index in [1.54, 1.807) is 48.5 Å². The van der Waals surface area contributed by atoms with Gasteiger partial charge in [-0.25, -0.2) is 4.99 Å². The van der Waals surface area contributed by atoms with Gasteiger partial charge in [0.25, 0.3) is 5.79 Å². The fraction of sp³-hybridized carbons (Fsp3) is 0.100. The first kappa shape index (κ1) is 16.1. The highest BCUT2D eigenvalue weighted by Crippen LogP contribution is 2.41. The number of ether oxygens (including phenoxy) is 2. The van der Waals surface area contributed by atoms with Crippen LogP contribution in [0.25, 0.3) is 0 Å². The quantitative estimate of drug-likeness (QED) is 0.888. The molecule has 0 radical (unpaired) electrons. The number of aliphatic imine (C=N–C) groups is 1. The molecule has 1 aliphatic heterocycles. The molecule has 2 N–H and O–H groups in total. The van der Waals surface area contributed by atoms with Crippen LogP contribution in [0.5, 0.6) is 11.5 Å². The van der Waals surface area contributed by atoms with E-state index in [0.29, 0.717) is 17.2 Å². The van der Waals surface area contributed by atoms with Gasteiger partial charge in [0, 0.05) is 6.08 Å². The molecule has 0 saturated carbocycles. The molecule has 0 spiro atoms. The van der Waals surface area contributed by atoms with E-state index < -0.39 is 17.3 Å². The Hall–Kier alpha value is -3.38. The number of fused-ring (bicyclic) bond motifs is 2. The zero-order chi connectivity index (χ0) is 18.3. The molecule has 4 rings (SSSR count). The van der Waals surface area contributed by atoms with Crippen molar-refractivity contribution in [1.82, 2.24) is 0 Å². The van der Waals surface area contributed by atoms with E-state index in [1.165, 1.54) is 13.0 Å². The van der Waals surface area contributed by atoms with Crippen molar-refractivity contribution in [1.29, 1.82) is 0 Å². The van der Waals surface area contributed by atoms with Gasteiger partial charge in [-0.15, -0.1) is 0 Å². The van der Waals surface area contributed by atoms with Crippen LogP contribution in [0, 0.1) is 0 Å². The second-order valence-electron chi connectivity index (χ2n) is 5.93. The first-order valence-corrected chi connectivity index (χ1v) is 7.98. The van der Waals surface area contributed by atoms with E-state index >= 15 is 0 Å². The molecule has 0 aromatic heterocycles. The maximum Gasteiger partial charge on any atom is 0.276 e. The lowest BCUT2D eigenvalue weighted by atomic mass is 9.90. The van der Waals surface area contributed by atoms with E-state index in [2.05, 4.69) is 4.99 Å². The third kappa shape index (κ3) is 2.57. The fourth-order valence-electron chi connectivity index (χ4n) is 2.89. The topological polar surface area (TPSA) is 88.4 Å². The van der Waals surface area contributed by atoms with Gasteiger partial charge in [-0.05, 0) is 31.2 Å². The number of Topliss-reactive ketones (excluding diaryl/α,β-unsaturated/α-hetero) is 1. The van der Waals surface area contributed by atoms with E-state index in [4.69, 9.17) is 9.47 Å². The van der Waals surface area contributed by atoms with Crippen molar-refractivity contribution in [3.05, 3.63) is 77.8 Å². The van der Waals surface area contributed by atoms with E-state index in [-0.39, 0.29) is 17.0 Å². The van der Waals surface area contributed by atoms with Gasteiger partial charge in [0.05, 0.1) is 5.57 Å². The van der Waals surface area contributed by atoms with Gasteiger partial charge < -0.3 is 19.7 Å². The minimum Gasteiger partial charge on any atom is -0.504 e. The normalized spacial score (nSPS) is 21.0. The number of para-hydroxylation sites is 3. The lowest BCUT2D eigenvalue weighted by Gasteiger charge is -2.35. The Morgan fingerprint density at radius 2 is 1.81 bits per heavy atom. The molecule has 1 atom stereocenters. The largest absolute Gasteiger partial charge is 0.504 e. The number of aliphatic hydroxyl groups is 2. The van der Waals surface area contributed by atoms with Gasteiger partial charge in [-0.3, -0.25) is 4.79 Å². The molecule has 6 heteroatoms. The second kappa shape index (κ2) is 5.86. The molecule has 2 aliphatic rings. The number of nitrogens with zero attached hydrogens (tertiary/aromatic N) is 1. The Morgan fingerprint density at radius 1 is 1.12 bits per heavy atom. The first-order chi connectivity index (χ1) is 12.5. The van der Waals surface area contributed by atoms with Crippen LogP contribution in [-0.2, 0) is 4.79 Å². The summed E-state index contributed by atoms with van der Waals surface area (Å²) in [4.78, 5) is 16.5. The predicted molar refractivity (Wildman–Crippen MR) is 94.6 cm³/mol. The van der Waals surface area contributed by atoms with Crippen molar-refractivity contribution in [2.45, 2.75) is 12.7 Å². The van der Waals surface area contributed by atoms with Crippen molar-refractivity contribution >= 4 is 17.2 Å². The van der Waals surface area contributed by atoms with Gasteiger partial charge in [0.15, 0.2) is 17.3 Å². The number of ketones is 1. The van der Waals surface area contributed by atoms with Crippen LogP contribution in [0.2, 0.25) is 0 Å². The van der Waals surface area contributed by atoms with Crippen LogP contribution < -0.4 is 9.47 Å². The molecule has 1 aliphatic carbocycles. The minimum absolute atomic E-state index is 0.0680. The minimum atomic E-state index is -2.02. The number of aliphatic hydroxyl groups excluding tert-OH is 1. The number of hydrogen-bond donors (Lipinski definition) is 2. The van der Waals surface area contributed by atoms with Gasteiger partial charge in [-0.1, -0.05) is 30.3 Å². The summed E-state index contributed by atoms with van der Waals surface area (Å²) in [6, 6.07) is 15.6. The molecule has 2 aromatic rings. The summed E-state index contributed by atoms with van der Waals surface area (Å²) in [5, 5.41) is 21.6. The number of rotatable bonds is 3. The predicted octanol–water partition coefficient (Wildman–Crippen LogP) is 3.22. The highest BCUT2D eigenvalue weighted by molar-refractivity contribution is 6.27. The fourth-order valence-corrected chi connectivity index (χ4v) is 2.89. The molecule has 1 heterocycles. The van der Waals surface area contributed by atoms with Crippen LogP contribution in [0.3, 0.4) is 0 Å². The van der Waals surface area contributed by atoms with Crippen molar-refractivity contribution in [3.63, 3.8) is 0 Å². The lowest BCUT2D eigenvalue weighted by molar-refractivity contribution is -0.113. The van der Waals surface area contributed by atoms with Crippen molar-refractivity contribution in [2.75, 3.05) is 0 Å². The molecule has 0 fully saturated rings. The van der Waals surface area contributed by atoms with Crippen LogP contribution in [0.15, 0.2) is 82.8 Å². The van der Waals surface area contributed by atoms with E-state index in [0.717, 1.165) is 0 Å². The maximum absolute atomic E-state index is 12.2. The summed E-state index contributed by atoms with van der Waals surface area (Å²) in [6.07, 6.45) is 1.20. The molecule has 1 unspecified atom stereocenters. The maximum atomic E-state index is 12.2. The molecule has 130 valence electrons. The second-order valence-corrected chi connectivity index (χ2v) is 5.93. The van der Waals surface area contributed by atoms with Crippen molar-refractivity contribution < 1.29 is 24.5 Å². The molecule has 0 amide bonds. The third-order valence-corrected chi connectivity index (χ3v) is 4.06. The molecular weight excluding hydrogens is 334 g/mol. The SMILES string of the molecule is CC(=O)C1=C(O)C(Oc2ccccc2)=CC2(O)Oc3ccccc3N=C12. The Labute approximate surface area is 149 Å². The van der Waals surface area contributed by atoms with Gasteiger partial charge in [0.1, 0.15) is 22.9 Å². The summed E-state index contributed by atoms with van der Waals surface area (Å²) in [7, 11) is 0. The Balaban J connectivity index is 1.86. The van der Waals surface area contributed by atoms with Gasteiger partial charge in [-0.2, -0.15) is 0 Å². The monoisotopic (exact) mass is 349 g/mol. The molecule has 2 aromatic carbocycles. The zero-order valence-electron chi connectivity index (χ0n) is 13.8. The highest BCUT2D eigenvalue weighted by Gasteiger charge is 2.47. The molecule has 0 bridgehead atoms. The van der Waals surface area contributed by atoms with Crippen molar-refractivity contribution in [3.8, 4) is 11.5 Å². The zero-order valence-corrected chi connectivity index (χ0v) is 13.8. The number of hydrogen-bond acceptors (Lipinski definition) is 6. The number of benzene rings is 2. The first-order valence-electron chi connectivity index (χ1n) is 7.98. The van der Waals surface area contributed by atoms with Gasteiger partial charge in [0.2, 0.25) is 0 Å². The third-order valence-electron chi connectivity index (χ3n) is 4.06. The summed E-state index contributed by atoms with van der Waals surface area (Å²) < 4.78 is 11.3. The smallest absolute Gasteiger partial charge is 0.276 e. The van der Waals surface area contributed by atoms with Crippen LogP contribution >= 0.6 is 0 Å². The summed E-state index contributed by atoms with van der Waals surface area (Å²) in [5.41, 5.74) is 0.247. The molecule has 26 heavy (non-hydrogen) atoms. The summed E-state index contributed by atoms with van der Waals surface area (Å²) >= 11 is 0. The summed E-state index contributed by atoms with van der Waals surface area (Å²) in [5.74, 6) is -2.17. The van der Waals surface area contributed by atoms with E-state index in [9.17, 15) is 15.0 Å². The Kier molecular flexibility index (Phi) is 3.63. The van der Waals surface area contributed by atoms with Crippen LogP contribution in [0.4, 0.5) is 5.69 Å². The lowest BCUT2D eigenvalue weighted by Crippen LogP contribution is -2.49. The van der Waals surface area contributed by atoms with Gasteiger partial charge >= 0.3 is 0 Å². The van der Waals surface area contributed by atoms with Crippen molar-refractivity contribution in [2.24, 2.45) is 4.99 Å². The number of carbonyl (C=O) groups excluding carboxylic acids is 1. The van der Waals surface area contributed by atoms with Crippen LogP contribution in [0.1, 0.15) is 6.92 Å². The average Bonchev–Trinajstić information content (AvgIpc) is 2.61. The molecular formula is C20H15NO5.